The van der Waals surface area contributed by atoms with Crippen molar-refractivity contribution in [3.05, 3.63) is 56.4 Å². The molecule has 19 heavy (non-hydrogen) atoms. The number of carbonyl (C=O) groups is 1. The van der Waals surface area contributed by atoms with Crippen LogP contribution in [0.1, 0.15) is 15.9 Å². The molecule has 0 aliphatic carbocycles. The van der Waals surface area contributed by atoms with Crippen LogP contribution in [0.25, 0.3) is 0 Å². The Labute approximate surface area is 124 Å². The molecule has 1 heterocycles. The molecule has 0 spiro atoms. The average molecular weight is 342 g/mol. The summed E-state index contributed by atoms with van der Waals surface area (Å²) in [5.74, 6) is -0.236. The second-order valence-electron chi connectivity index (χ2n) is 4.24. The smallest absolute Gasteiger partial charge is 0.254 e. The molecule has 100 valence electrons. The molecule has 0 bridgehead atoms. The zero-order chi connectivity index (χ0) is 13.8. The molecule has 1 amide bonds. The summed E-state index contributed by atoms with van der Waals surface area (Å²) in [6.07, 6.45) is 0.716. The molecule has 0 radical (unpaired) electrons. The van der Waals surface area contributed by atoms with Crippen molar-refractivity contribution in [3.8, 4) is 0 Å². The van der Waals surface area contributed by atoms with E-state index >= 15 is 0 Å². The Balaban J connectivity index is 1.92. The van der Waals surface area contributed by atoms with Gasteiger partial charge in [-0.25, -0.2) is 4.39 Å². The first-order valence-electron chi connectivity index (χ1n) is 5.80. The minimum Gasteiger partial charge on any atom is -0.341 e. The highest BCUT2D eigenvalue weighted by Crippen LogP contribution is 2.21. The monoisotopic (exact) mass is 341 g/mol. The standard InChI is InChI=1S/C14H13BrFNOS/c1-17(14(18)11-8-13(15)19-9-11)7-6-10-2-4-12(16)5-3-10/h2-5,8-9H,6-7H2,1H3. The Bertz CT molecular complexity index is 567. The van der Waals surface area contributed by atoms with E-state index in [9.17, 15) is 9.18 Å². The maximum Gasteiger partial charge on any atom is 0.254 e. The predicted octanol–water partition coefficient (Wildman–Crippen LogP) is 3.96. The summed E-state index contributed by atoms with van der Waals surface area (Å²) in [5.41, 5.74) is 1.71. The second-order valence-corrected chi connectivity index (χ2v) is 6.53. The predicted molar refractivity (Wildman–Crippen MR) is 79.1 cm³/mol. The number of hydrogen-bond donors (Lipinski definition) is 0. The third kappa shape index (κ3) is 3.88. The molecule has 0 aliphatic heterocycles. The van der Waals surface area contributed by atoms with E-state index in [1.54, 1.807) is 24.1 Å². The third-order valence-corrected chi connectivity index (χ3v) is 4.31. The SMILES string of the molecule is CN(CCc1ccc(F)cc1)C(=O)c1csc(Br)c1. The molecule has 0 N–H and O–H groups in total. The van der Waals surface area contributed by atoms with E-state index in [2.05, 4.69) is 15.9 Å². The zero-order valence-electron chi connectivity index (χ0n) is 10.4. The van der Waals surface area contributed by atoms with Gasteiger partial charge in [0.05, 0.1) is 9.35 Å². The van der Waals surface area contributed by atoms with Gasteiger partial charge < -0.3 is 4.90 Å². The van der Waals surface area contributed by atoms with Crippen molar-refractivity contribution in [2.24, 2.45) is 0 Å². The molecular formula is C14H13BrFNOS. The Morgan fingerprint density at radius 1 is 1.37 bits per heavy atom. The summed E-state index contributed by atoms with van der Waals surface area (Å²) in [4.78, 5) is 13.8. The number of benzene rings is 1. The number of carbonyl (C=O) groups excluding carboxylic acids is 1. The molecule has 0 saturated carbocycles. The Kier molecular flexibility index (Phi) is 4.71. The molecule has 2 aromatic rings. The van der Waals surface area contributed by atoms with E-state index < -0.39 is 0 Å². The molecule has 1 aromatic carbocycles. The van der Waals surface area contributed by atoms with Crippen molar-refractivity contribution in [2.75, 3.05) is 13.6 Å². The summed E-state index contributed by atoms with van der Waals surface area (Å²) < 4.78 is 13.7. The molecule has 2 rings (SSSR count). The van der Waals surface area contributed by atoms with Crippen LogP contribution in [0, 0.1) is 5.82 Å². The molecule has 0 fully saturated rings. The maximum absolute atomic E-state index is 12.8. The van der Waals surface area contributed by atoms with E-state index in [4.69, 9.17) is 0 Å². The fourth-order valence-corrected chi connectivity index (χ4v) is 2.82. The van der Waals surface area contributed by atoms with Crippen molar-refractivity contribution in [1.29, 1.82) is 0 Å². The summed E-state index contributed by atoms with van der Waals surface area (Å²) in [6.45, 7) is 0.609. The topological polar surface area (TPSA) is 20.3 Å². The van der Waals surface area contributed by atoms with Crippen LogP contribution in [0.15, 0.2) is 39.5 Å². The van der Waals surface area contributed by atoms with Crippen molar-refractivity contribution in [2.45, 2.75) is 6.42 Å². The summed E-state index contributed by atoms with van der Waals surface area (Å²) in [7, 11) is 1.78. The van der Waals surface area contributed by atoms with Crippen LogP contribution in [0.5, 0.6) is 0 Å². The lowest BCUT2D eigenvalue weighted by molar-refractivity contribution is 0.0797. The van der Waals surface area contributed by atoms with Gasteiger partial charge in [-0.2, -0.15) is 0 Å². The molecule has 2 nitrogen and oxygen atoms in total. The lowest BCUT2D eigenvalue weighted by atomic mass is 10.1. The van der Waals surface area contributed by atoms with Crippen molar-refractivity contribution in [1.82, 2.24) is 4.90 Å². The van der Waals surface area contributed by atoms with Gasteiger partial charge in [0.2, 0.25) is 0 Å². The molecular weight excluding hydrogens is 329 g/mol. The maximum atomic E-state index is 12.8. The summed E-state index contributed by atoms with van der Waals surface area (Å²) >= 11 is 4.84. The van der Waals surface area contributed by atoms with E-state index in [0.717, 1.165) is 9.35 Å². The third-order valence-electron chi connectivity index (χ3n) is 2.81. The Morgan fingerprint density at radius 3 is 2.63 bits per heavy atom. The van der Waals surface area contributed by atoms with Gasteiger partial charge in [-0.1, -0.05) is 12.1 Å². The van der Waals surface area contributed by atoms with Crippen molar-refractivity contribution in [3.63, 3.8) is 0 Å². The minimum atomic E-state index is -0.240. The van der Waals surface area contributed by atoms with Crippen LogP contribution in [-0.2, 0) is 6.42 Å². The number of nitrogens with zero attached hydrogens (tertiary/aromatic N) is 1. The number of likely N-dealkylation sites (N-methyl/N-ethyl adjacent to an activating group) is 1. The molecule has 1 aromatic heterocycles. The quantitative estimate of drug-likeness (QED) is 0.824. The molecule has 0 unspecified atom stereocenters. The fraction of sp³-hybridized carbons (Fsp3) is 0.214. The Hall–Kier alpha value is -1.20. The van der Waals surface area contributed by atoms with Gasteiger partial charge in [0, 0.05) is 19.0 Å². The van der Waals surface area contributed by atoms with Crippen LogP contribution in [-0.4, -0.2) is 24.4 Å². The van der Waals surface area contributed by atoms with Gasteiger partial charge in [0.25, 0.3) is 5.91 Å². The van der Waals surface area contributed by atoms with Crippen LogP contribution >= 0.6 is 27.3 Å². The van der Waals surface area contributed by atoms with Crippen LogP contribution in [0.4, 0.5) is 4.39 Å². The largest absolute Gasteiger partial charge is 0.341 e. The van der Waals surface area contributed by atoms with Gasteiger partial charge in [-0.15, -0.1) is 11.3 Å². The highest BCUT2D eigenvalue weighted by molar-refractivity contribution is 9.11. The molecule has 0 saturated heterocycles. The highest BCUT2D eigenvalue weighted by Gasteiger charge is 2.13. The highest BCUT2D eigenvalue weighted by atomic mass is 79.9. The number of rotatable bonds is 4. The lowest BCUT2D eigenvalue weighted by Crippen LogP contribution is -2.28. The van der Waals surface area contributed by atoms with Crippen molar-refractivity contribution < 1.29 is 9.18 Å². The number of amides is 1. The number of halogens is 2. The molecule has 5 heteroatoms. The van der Waals surface area contributed by atoms with E-state index in [1.165, 1.54) is 23.5 Å². The fourth-order valence-electron chi connectivity index (χ4n) is 1.69. The van der Waals surface area contributed by atoms with Gasteiger partial charge >= 0.3 is 0 Å². The zero-order valence-corrected chi connectivity index (χ0v) is 12.8. The normalized spacial score (nSPS) is 10.5. The summed E-state index contributed by atoms with van der Waals surface area (Å²) in [6, 6.07) is 8.19. The first-order valence-corrected chi connectivity index (χ1v) is 7.47. The van der Waals surface area contributed by atoms with E-state index in [-0.39, 0.29) is 11.7 Å². The van der Waals surface area contributed by atoms with Crippen LogP contribution < -0.4 is 0 Å². The van der Waals surface area contributed by atoms with E-state index in [1.807, 2.05) is 11.4 Å². The molecule has 0 aliphatic rings. The number of hydrogen-bond acceptors (Lipinski definition) is 2. The lowest BCUT2D eigenvalue weighted by Gasteiger charge is -2.16. The average Bonchev–Trinajstić information content (AvgIpc) is 2.83. The van der Waals surface area contributed by atoms with Crippen LogP contribution in [0.3, 0.4) is 0 Å². The first kappa shape index (κ1) is 14.2. The Morgan fingerprint density at radius 2 is 2.05 bits per heavy atom. The molecule has 0 atom stereocenters. The van der Waals surface area contributed by atoms with E-state index in [0.29, 0.717) is 18.5 Å². The van der Waals surface area contributed by atoms with Gasteiger partial charge in [-0.3, -0.25) is 4.79 Å². The summed E-state index contributed by atoms with van der Waals surface area (Å²) in [5, 5.41) is 1.83. The first-order chi connectivity index (χ1) is 9.06. The van der Waals surface area contributed by atoms with Gasteiger partial charge in [0.15, 0.2) is 0 Å². The number of thiophene rings is 1. The second kappa shape index (κ2) is 6.30. The van der Waals surface area contributed by atoms with Gasteiger partial charge in [0.1, 0.15) is 5.82 Å². The minimum absolute atomic E-state index is 0.00376. The van der Waals surface area contributed by atoms with Crippen LogP contribution in [0.2, 0.25) is 0 Å². The van der Waals surface area contributed by atoms with Crippen molar-refractivity contribution >= 4 is 33.2 Å². The van der Waals surface area contributed by atoms with Gasteiger partial charge in [-0.05, 0) is 46.1 Å².